The minimum atomic E-state index is -0.216. The monoisotopic (exact) mass is 338 g/mol. The van der Waals surface area contributed by atoms with Crippen molar-refractivity contribution < 1.29 is 9.59 Å². The average molecular weight is 338 g/mol. The van der Waals surface area contributed by atoms with Crippen LogP contribution in [-0.4, -0.2) is 39.8 Å². The number of carbonyl (C=O) groups excluding carboxylic acids is 2. The number of pyridine rings is 2. The van der Waals surface area contributed by atoms with Gasteiger partial charge in [0.1, 0.15) is 5.82 Å². The van der Waals surface area contributed by atoms with Crippen molar-refractivity contribution in [2.75, 3.05) is 18.4 Å². The number of carbonyl (C=O) groups is 2. The first-order valence-corrected chi connectivity index (χ1v) is 8.63. The molecule has 0 radical (unpaired) electrons. The molecule has 1 aliphatic heterocycles. The first-order chi connectivity index (χ1) is 12.2. The number of aryl methyl sites for hydroxylation is 1. The van der Waals surface area contributed by atoms with Gasteiger partial charge in [0.15, 0.2) is 0 Å². The van der Waals surface area contributed by atoms with Gasteiger partial charge in [-0.1, -0.05) is 13.0 Å². The normalized spacial score (nSPS) is 17.2. The van der Waals surface area contributed by atoms with Gasteiger partial charge in [-0.05, 0) is 43.0 Å². The predicted octanol–water partition coefficient (Wildman–Crippen LogP) is 2.53. The second-order valence-corrected chi connectivity index (χ2v) is 6.18. The molecule has 130 valence electrons. The highest BCUT2D eigenvalue weighted by atomic mass is 16.2. The number of nitrogens with one attached hydrogen (secondary N) is 1. The Labute approximate surface area is 147 Å². The summed E-state index contributed by atoms with van der Waals surface area (Å²) < 4.78 is 0. The van der Waals surface area contributed by atoms with E-state index in [1.165, 1.54) is 0 Å². The molecule has 3 heterocycles. The molecule has 0 saturated carbocycles. The van der Waals surface area contributed by atoms with E-state index in [9.17, 15) is 9.59 Å². The van der Waals surface area contributed by atoms with Crippen molar-refractivity contribution in [3.8, 4) is 0 Å². The molecule has 1 saturated heterocycles. The fourth-order valence-corrected chi connectivity index (χ4v) is 3.13. The standard InChI is InChI=1S/C19H22N4O2/c1-2-14-12-20-10-8-16(14)19(25)23-11-5-6-15(13-23)18(24)22-17-7-3-4-9-21-17/h3-4,7-10,12,15H,2,5-6,11,13H2,1H3,(H,21,22,24)/t15-/m0/s1. The first-order valence-electron chi connectivity index (χ1n) is 8.63. The molecule has 0 spiro atoms. The minimum absolute atomic E-state index is 0.0189. The largest absolute Gasteiger partial charge is 0.338 e. The van der Waals surface area contributed by atoms with Gasteiger partial charge < -0.3 is 10.2 Å². The Hall–Kier alpha value is -2.76. The van der Waals surface area contributed by atoms with E-state index in [0.717, 1.165) is 24.8 Å². The molecule has 2 aromatic heterocycles. The van der Waals surface area contributed by atoms with Crippen LogP contribution in [0.15, 0.2) is 42.9 Å². The second-order valence-electron chi connectivity index (χ2n) is 6.18. The van der Waals surface area contributed by atoms with E-state index < -0.39 is 0 Å². The van der Waals surface area contributed by atoms with Crippen LogP contribution in [0, 0.1) is 5.92 Å². The van der Waals surface area contributed by atoms with Gasteiger partial charge >= 0.3 is 0 Å². The third-order valence-electron chi connectivity index (χ3n) is 4.51. The van der Waals surface area contributed by atoms with Gasteiger partial charge in [-0.25, -0.2) is 4.98 Å². The van der Waals surface area contributed by atoms with E-state index in [0.29, 0.717) is 24.5 Å². The van der Waals surface area contributed by atoms with Gasteiger partial charge in [-0.15, -0.1) is 0 Å². The zero-order valence-electron chi connectivity index (χ0n) is 14.3. The molecule has 1 aliphatic rings. The van der Waals surface area contributed by atoms with Crippen LogP contribution in [0.1, 0.15) is 35.7 Å². The van der Waals surface area contributed by atoms with Crippen LogP contribution < -0.4 is 5.32 Å². The van der Waals surface area contributed by atoms with Crippen LogP contribution in [-0.2, 0) is 11.2 Å². The third kappa shape index (κ3) is 4.02. The number of rotatable bonds is 4. The third-order valence-corrected chi connectivity index (χ3v) is 4.51. The molecule has 1 fully saturated rings. The van der Waals surface area contributed by atoms with Gasteiger partial charge in [0.05, 0.1) is 5.92 Å². The summed E-state index contributed by atoms with van der Waals surface area (Å²) in [5.41, 5.74) is 1.62. The molecule has 0 bridgehead atoms. The molecule has 0 aromatic carbocycles. The quantitative estimate of drug-likeness (QED) is 0.929. The number of anilines is 1. The Morgan fingerprint density at radius 3 is 2.92 bits per heavy atom. The summed E-state index contributed by atoms with van der Waals surface area (Å²) in [6.45, 7) is 3.12. The summed E-state index contributed by atoms with van der Waals surface area (Å²) >= 11 is 0. The Morgan fingerprint density at radius 2 is 2.16 bits per heavy atom. The van der Waals surface area contributed by atoms with Crippen molar-refractivity contribution in [1.82, 2.24) is 14.9 Å². The van der Waals surface area contributed by atoms with Crippen molar-refractivity contribution in [3.05, 3.63) is 54.0 Å². The van der Waals surface area contributed by atoms with Crippen LogP contribution in [0.3, 0.4) is 0 Å². The fourth-order valence-electron chi connectivity index (χ4n) is 3.13. The lowest BCUT2D eigenvalue weighted by molar-refractivity contribution is -0.121. The van der Waals surface area contributed by atoms with Crippen LogP contribution >= 0.6 is 0 Å². The van der Waals surface area contributed by atoms with E-state index >= 15 is 0 Å². The zero-order chi connectivity index (χ0) is 17.6. The molecular weight excluding hydrogens is 316 g/mol. The Kier molecular flexibility index (Phi) is 5.38. The van der Waals surface area contributed by atoms with Crippen molar-refractivity contribution in [1.29, 1.82) is 0 Å². The molecule has 25 heavy (non-hydrogen) atoms. The lowest BCUT2D eigenvalue weighted by Gasteiger charge is -2.32. The number of amides is 2. The summed E-state index contributed by atoms with van der Waals surface area (Å²) in [5, 5.41) is 2.84. The summed E-state index contributed by atoms with van der Waals surface area (Å²) in [7, 11) is 0. The SMILES string of the molecule is CCc1cnccc1C(=O)N1CCC[C@H](C(=O)Nc2ccccn2)C1. The summed E-state index contributed by atoms with van der Waals surface area (Å²) in [4.78, 5) is 35.3. The molecule has 0 aliphatic carbocycles. The van der Waals surface area contributed by atoms with E-state index in [1.54, 1.807) is 41.7 Å². The maximum Gasteiger partial charge on any atom is 0.254 e. The van der Waals surface area contributed by atoms with E-state index in [-0.39, 0.29) is 17.7 Å². The Balaban J connectivity index is 1.68. The van der Waals surface area contributed by atoms with Gasteiger partial charge in [0.2, 0.25) is 5.91 Å². The number of piperidine rings is 1. The van der Waals surface area contributed by atoms with Crippen LogP contribution in [0.2, 0.25) is 0 Å². The number of hydrogen-bond acceptors (Lipinski definition) is 4. The molecule has 1 atom stereocenters. The van der Waals surface area contributed by atoms with E-state index in [1.807, 2.05) is 13.0 Å². The molecule has 2 aromatic rings. The topological polar surface area (TPSA) is 75.2 Å². The van der Waals surface area contributed by atoms with Gasteiger partial charge in [-0.3, -0.25) is 14.6 Å². The predicted molar refractivity (Wildman–Crippen MR) is 95.1 cm³/mol. The van der Waals surface area contributed by atoms with Crippen molar-refractivity contribution >= 4 is 17.6 Å². The summed E-state index contributed by atoms with van der Waals surface area (Å²) in [5.74, 6) is 0.223. The van der Waals surface area contributed by atoms with Crippen LogP contribution in [0.4, 0.5) is 5.82 Å². The molecule has 2 amide bonds. The highest BCUT2D eigenvalue weighted by molar-refractivity contribution is 5.97. The molecule has 1 N–H and O–H groups in total. The number of hydrogen-bond donors (Lipinski definition) is 1. The highest BCUT2D eigenvalue weighted by Crippen LogP contribution is 2.21. The smallest absolute Gasteiger partial charge is 0.254 e. The number of nitrogens with zero attached hydrogens (tertiary/aromatic N) is 3. The van der Waals surface area contributed by atoms with Crippen molar-refractivity contribution in [2.24, 2.45) is 5.92 Å². The molecule has 6 nitrogen and oxygen atoms in total. The van der Waals surface area contributed by atoms with Gasteiger partial charge in [0.25, 0.3) is 5.91 Å². The molecule has 0 unspecified atom stereocenters. The maximum absolute atomic E-state index is 12.9. The summed E-state index contributed by atoms with van der Waals surface area (Å²) in [6.07, 6.45) is 7.37. The molecular formula is C19H22N4O2. The number of aromatic nitrogens is 2. The van der Waals surface area contributed by atoms with Crippen molar-refractivity contribution in [3.63, 3.8) is 0 Å². The maximum atomic E-state index is 12.9. The van der Waals surface area contributed by atoms with Gasteiger partial charge in [-0.2, -0.15) is 0 Å². The lowest BCUT2D eigenvalue weighted by Crippen LogP contribution is -2.44. The first kappa shape index (κ1) is 17.1. The van der Waals surface area contributed by atoms with Gasteiger partial charge in [0, 0.05) is 37.2 Å². The van der Waals surface area contributed by atoms with Crippen molar-refractivity contribution in [2.45, 2.75) is 26.2 Å². The van der Waals surface area contributed by atoms with E-state index in [4.69, 9.17) is 0 Å². The number of likely N-dealkylation sites (tertiary alicyclic amines) is 1. The summed E-state index contributed by atoms with van der Waals surface area (Å²) in [6, 6.07) is 7.15. The Morgan fingerprint density at radius 1 is 1.28 bits per heavy atom. The highest BCUT2D eigenvalue weighted by Gasteiger charge is 2.29. The molecule has 3 rings (SSSR count). The van der Waals surface area contributed by atoms with E-state index in [2.05, 4.69) is 15.3 Å². The Bertz CT molecular complexity index is 748. The second kappa shape index (κ2) is 7.88. The lowest BCUT2D eigenvalue weighted by atomic mass is 9.96. The van der Waals surface area contributed by atoms with Crippen LogP contribution in [0.5, 0.6) is 0 Å². The average Bonchev–Trinajstić information content (AvgIpc) is 2.68. The fraction of sp³-hybridized carbons (Fsp3) is 0.368. The molecule has 6 heteroatoms. The minimum Gasteiger partial charge on any atom is -0.338 e. The van der Waals surface area contributed by atoms with Crippen LogP contribution in [0.25, 0.3) is 0 Å². The zero-order valence-corrected chi connectivity index (χ0v) is 14.3.